The van der Waals surface area contributed by atoms with E-state index in [1.165, 1.54) is 12.8 Å². The molecule has 2 aliphatic heterocycles. The molecule has 2 N–H and O–H groups in total. The number of nitrogens with zero attached hydrogens (tertiary/aromatic N) is 3. The first-order valence-electron chi connectivity index (χ1n) is 11.3. The fraction of sp³-hybridized carbons (Fsp3) is 0.727. The van der Waals surface area contributed by atoms with Crippen molar-refractivity contribution >= 4 is 35.1 Å². The molecule has 2 saturated heterocycles. The number of alkyl halides is 2. The van der Waals surface area contributed by atoms with Gasteiger partial charge in [-0.05, 0) is 56.3 Å². The molecular weight excluding hydrogens is 439 g/mol. The molecule has 7 nitrogen and oxygen atoms in total. The highest BCUT2D eigenvalue weighted by atomic mass is 35.5. The average molecular weight is 471 g/mol. The second-order valence-corrected chi connectivity index (χ2v) is 10.2. The lowest BCUT2D eigenvalue weighted by molar-refractivity contribution is -0.130. The summed E-state index contributed by atoms with van der Waals surface area (Å²) in [7, 11) is 0. The Hall–Kier alpha value is -1.28. The van der Waals surface area contributed by atoms with Gasteiger partial charge in [-0.25, -0.2) is 4.79 Å². The van der Waals surface area contributed by atoms with Crippen LogP contribution in [-0.4, -0.2) is 94.4 Å². The zero-order chi connectivity index (χ0) is 22.0. The van der Waals surface area contributed by atoms with E-state index in [1.807, 2.05) is 4.90 Å². The number of allylic oxidation sites excluding steroid dienone is 3. The number of aliphatic hydroxyl groups excluding tert-OH is 1. The molecule has 4 aliphatic rings. The molecular formula is C22H32Cl2N4O3. The van der Waals surface area contributed by atoms with Crippen LogP contribution >= 0.6 is 23.2 Å². The van der Waals surface area contributed by atoms with E-state index in [0.29, 0.717) is 38.3 Å². The summed E-state index contributed by atoms with van der Waals surface area (Å²) in [5.74, 6) is 0.0912. The third kappa shape index (κ3) is 5.56. The molecule has 1 saturated carbocycles. The molecule has 172 valence electrons. The molecule has 0 bridgehead atoms. The number of likely N-dealkylation sites (tertiary alicyclic amines) is 1. The Morgan fingerprint density at radius 3 is 2.65 bits per heavy atom. The summed E-state index contributed by atoms with van der Waals surface area (Å²) < 4.78 is 0. The molecule has 0 aromatic carbocycles. The first kappa shape index (κ1) is 22.9. The van der Waals surface area contributed by atoms with E-state index in [0.717, 1.165) is 32.5 Å². The number of urea groups is 1. The molecule has 0 radical (unpaired) electrons. The van der Waals surface area contributed by atoms with Gasteiger partial charge in [0.1, 0.15) is 0 Å². The average Bonchev–Trinajstić information content (AvgIpc) is 3.54. The minimum Gasteiger partial charge on any atom is -0.391 e. The van der Waals surface area contributed by atoms with Gasteiger partial charge in [0.25, 0.3) is 0 Å². The van der Waals surface area contributed by atoms with Crippen LogP contribution in [0.25, 0.3) is 0 Å². The molecule has 2 aliphatic carbocycles. The number of halogens is 2. The van der Waals surface area contributed by atoms with Gasteiger partial charge in [-0.1, -0.05) is 6.08 Å². The number of amides is 3. The smallest absolute Gasteiger partial charge is 0.321 e. The third-order valence-electron chi connectivity index (χ3n) is 7.09. The first-order chi connectivity index (χ1) is 14.9. The second-order valence-electron chi connectivity index (χ2n) is 9.20. The Bertz CT molecular complexity index is 755. The predicted molar refractivity (Wildman–Crippen MR) is 121 cm³/mol. The summed E-state index contributed by atoms with van der Waals surface area (Å²) in [6.07, 6.45) is 9.68. The van der Waals surface area contributed by atoms with Crippen molar-refractivity contribution in [1.29, 1.82) is 0 Å². The molecule has 1 spiro atoms. The van der Waals surface area contributed by atoms with E-state index in [-0.39, 0.29) is 34.2 Å². The summed E-state index contributed by atoms with van der Waals surface area (Å²) >= 11 is 12.2. The highest BCUT2D eigenvalue weighted by Gasteiger charge is 2.51. The maximum Gasteiger partial charge on any atom is 0.321 e. The van der Waals surface area contributed by atoms with E-state index in [4.69, 9.17) is 23.2 Å². The van der Waals surface area contributed by atoms with Crippen molar-refractivity contribution in [3.63, 3.8) is 0 Å². The predicted octanol–water partition coefficient (Wildman–Crippen LogP) is 2.14. The fourth-order valence-electron chi connectivity index (χ4n) is 4.72. The second kappa shape index (κ2) is 9.69. The number of carbonyl (C=O) groups is 2. The van der Waals surface area contributed by atoms with Crippen LogP contribution in [0.15, 0.2) is 23.9 Å². The highest BCUT2D eigenvalue weighted by Crippen LogP contribution is 2.53. The van der Waals surface area contributed by atoms with Crippen LogP contribution in [0.3, 0.4) is 0 Å². The zero-order valence-corrected chi connectivity index (χ0v) is 19.3. The Morgan fingerprint density at radius 2 is 1.94 bits per heavy atom. The number of hydrogen-bond donors (Lipinski definition) is 2. The van der Waals surface area contributed by atoms with Crippen LogP contribution in [-0.2, 0) is 4.79 Å². The van der Waals surface area contributed by atoms with Gasteiger partial charge in [-0.15, -0.1) is 23.2 Å². The Balaban J connectivity index is 1.20. The van der Waals surface area contributed by atoms with E-state index in [9.17, 15) is 14.7 Å². The van der Waals surface area contributed by atoms with Crippen LogP contribution in [0.1, 0.15) is 32.1 Å². The molecule has 0 aromatic heterocycles. The van der Waals surface area contributed by atoms with Crippen LogP contribution in [0, 0.1) is 5.41 Å². The maximum absolute atomic E-state index is 12.6. The summed E-state index contributed by atoms with van der Waals surface area (Å²) in [6.45, 7) is 4.81. The number of rotatable bonds is 5. The Kier molecular flexibility index (Phi) is 7.16. The highest BCUT2D eigenvalue weighted by molar-refractivity contribution is 6.31. The molecule has 31 heavy (non-hydrogen) atoms. The van der Waals surface area contributed by atoms with Crippen molar-refractivity contribution in [2.24, 2.45) is 5.41 Å². The normalized spacial score (nSPS) is 30.9. The number of hydrogen-bond acceptors (Lipinski definition) is 4. The minimum atomic E-state index is -0.362. The van der Waals surface area contributed by atoms with Gasteiger partial charge < -0.3 is 25.1 Å². The molecule has 4 rings (SSSR count). The lowest BCUT2D eigenvalue weighted by atomic mass is 9.90. The van der Waals surface area contributed by atoms with Crippen molar-refractivity contribution in [3.05, 3.63) is 23.9 Å². The van der Waals surface area contributed by atoms with E-state index in [1.54, 1.807) is 23.1 Å². The van der Waals surface area contributed by atoms with Gasteiger partial charge in [0.05, 0.1) is 16.9 Å². The van der Waals surface area contributed by atoms with Crippen LogP contribution in [0.4, 0.5) is 4.79 Å². The molecule has 2 heterocycles. The lowest BCUT2D eigenvalue weighted by Gasteiger charge is -2.36. The largest absolute Gasteiger partial charge is 0.391 e. The van der Waals surface area contributed by atoms with E-state index in [2.05, 4.69) is 10.2 Å². The number of β-amino-alcohol motifs (C(OH)–C–C–N with tert-alkyl or cyclic N) is 1. The topological polar surface area (TPSA) is 76.1 Å². The minimum absolute atomic E-state index is 0.0912. The monoisotopic (exact) mass is 470 g/mol. The van der Waals surface area contributed by atoms with Crippen molar-refractivity contribution in [2.45, 2.75) is 49.0 Å². The van der Waals surface area contributed by atoms with Gasteiger partial charge in [0.15, 0.2) is 0 Å². The van der Waals surface area contributed by atoms with Gasteiger partial charge in [-0.2, -0.15) is 0 Å². The summed E-state index contributed by atoms with van der Waals surface area (Å²) in [5.41, 5.74) is 0.854. The van der Waals surface area contributed by atoms with E-state index >= 15 is 0 Å². The van der Waals surface area contributed by atoms with Crippen LogP contribution in [0.5, 0.6) is 0 Å². The SMILES string of the molecule is O=C1CCN(C(=O)NC2=CC(Cl)C(Cl)C=C2)CCN1CCCN1CCC2(CC2)C(O)C1. The number of piperidine rings is 1. The van der Waals surface area contributed by atoms with Gasteiger partial charge in [0, 0.05) is 44.8 Å². The van der Waals surface area contributed by atoms with Crippen molar-refractivity contribution in [2.75, 3.05) is 45.8 Å². The number of carbonyl (C=O) groups excluding carboxylic acids is 2. The lowest BCUT2D eigenvalue weighted by Crippen LogP contribution is -2.46. The van der Waals surface area contributed by atoms with Crippen LogP contribution in [0.2, 0.25) is 0 Å². The Morgan fingerprint density at radius 1 is 1.13 bits per heavy atom. The molecule has 3 fully saturated rings. The molecule has 3 atom stereocenters. The number of nitrogens with one attached hydrogen (secondary N) is 1. The van der Waals surface area contributed by atoms with Crippen molar-refractivity contribution < 1.29 is 14.7 Å². The van der Waals surface area contributed by atoms with Crippen molar-refractivity contribution in [3.8, 4) is 0 Å². The van der Waals surface area contributed by atoms with E-state index < -0.39 is 0 Å². The number of aliphatic hydroxyl groups is 1. The van der Waals surface area contributed by atoms with Gasteiger partial charge in [-0.3, -0.25) is 4.79 Å². The first-order valence-corrected chi connectivity index (χ1v) is 12.2. The maximum atomic E-state index is 12.6. The van der Waals surface area contributed by atoms with Crippen LogP contribution < -0.4 is 5.32 Å². The third-order valence-corrected chi connectivity index (χ3v) is 8.03. The standard InChI is InChI=1S/C22H32Cl2N4O3/c23-17-3-2-16(14-18(17)24)25-21(31)28-10-4-20(30)27(12-13-28)9-1-8-26-11-7-22(5-6-22)19(29)15-26/h2-3,14,17-19,29H,1,4-13,15H2,(H,25,31). The summed E-state index contributed by atoms with van der Waals surface area (Å²) in [4.78, 5) is 31.0. The van der Waals surface area contributed by atoms with Crippen molar-refractivity contribution in [1.82, 2.24) is 20.0 Å². The molecule has 9 heteroatoms. The molecule has 3 unspecified atom stereocenters. The zero-order valence-electron chi connectivity index (χ0n) is 17.8. The molecule has 3 amide bonds. The van der Waals surface area contributed by atoms with Gasteiger partial charge in [0.2, 0.25) is 5.91 Å². The fourth-order valence-corrected chi connectivity index (χ4v) is 5.09. The Labute approximate surface area is 194 Å². The quantitative estimate of drug-likeness (QED) is 0.603. The molecule has 0 aromatic rings. The summed E-state index contributed by atoms with van der Waals surface area (Å²) in [5, 5.41) is 12.6. The summed E-state index contributed by atoms with van der Waals surface area (Å²) in [6, 6.07) is -0.223. The van der Waals surface area contributed by atoms with Gasteiger partial charge >= 0.3 is 6.03 Å².